The van der Waals surface area contributed by atoms with E-state index in [-0.39, 0.29) is 18.2 Å². The molecule has 0 aromatic heterocycles. The second-order valence-electron chi connectivity index (χ2n) is 5.04. The van der Waals surface area contributed by atoms with Gasteiger partial charge in [0.2, 0.25) is 0 Å². The van der Waals surface area contributed by atoms with Gasteiger partial charge < -0.3 is 10.1 Å². The van der Waals surface area contributed by atoms with Gasteiger partial charge in [-0.05, 0) is 49.6 Å². The molecular weight excluding hydrogens is 269 g/mol. The molecule has 1 N–H and O–H groups in total. The molecule has 0 aliphatic heterocycles. The highest BCUT2D eigenvalue weighted by Gasteiger charge is 2.10. The summed E-state index contributed by atoms with van der Waals surface area (Å²) in [5.74, 6) is -0.152. The van der Waals surface area contributed by atoms with Crippen molar-refractivity contribution >= 4 is 11.6 Å². The van der Waals surface area contributed by atoms with Crippen LogP contribution in [0, 0.1) is 26.6 Å². The number of nitrogens with one attached hydrogen (secondary N) is 1. The van der Waals surface area contributed by atoms with E-state index in [1.54, 1.807) is 12.1 Å². The number of carbonyl (C=O) groups is 1. The zero-order valence-electron chi connectivity index (χ0n) is 12.4. The van der Waals surface area contributed by atoms with Gasteiger partial charge in [-0.25, -0.2) is 4.39 Å². The van der Waals surface area contributed by atoms with Crippen LogP contribution in [0.5, 0.6) is 5.75 Å². The van der Waals surface area contributed by atoms with Gasteiger partial charge in [-0.15, -0.1) is 0 Å². The van der Waals surface area contributed by atoms with E-state index in [1.807, 2.05) is 39.0 Å². The maximum absolute atomic E-state index is 13.6. The molecule has 0 atom stereocenters. The van der Waals surface area contributed by atoms with E-state index in [2.05, 4.69) is 5.32 Å². The van der Waals surface area contributed by atoms with Crippen LogP contribution in [0.4, 0.5) is 10.1 Å². The molecule has 0 saturated heterocycles. The van der Waals surface area contributed by atoms with Gasteiger partial charge in [0, 0.05) is 0 Å². The Hall–Kier alpha value is -2.36. The molecule has 0 spiro atoms. The molecule has 2 aromatic rings. The van der Waals surface area contributed by atoms with Gasteiger partial charge in [-0.2, -0.15) is 0 Å². The molecule has 21 heavy (non-hydrogen) atoms. The first-order chi connectivity index (χ1) is 9.97. The standard InChI is InChI=1S/C17H18FNO2/c1-11-7-8-14(18)15(9-11)19-16(20)10-21-17-12(2)5-4-6-13(17)3/h4-9H,10H2,1-3H3,(H,19,20). The first-order valence-electron chi connectivity index (χ1n) is 6.72. The van der Waals surface area contributed by atoms with Crippen LogP contribution in [0.25, 0.3) is 0 Å². The lowest BCUT2D eigenvalue weighted by Gasteiger charge is -2.12. The quantitative estimate of drug-likeness (QED) is 0.929. The summed E-state index contributed by atoms with van der Waals surface area (Å²) in [7, 11) is 0. The Balaban J connectivity index is 2.01. The lowest BCUT2D eigenvalue weighted by Crippen LogP contribution is -2.21. The Morgan fingerprint density at radius 2 is 1.81 bits per heavy atom. The van der Waals surface area contributed by atoms with Crippen molar-refractivity contribution in [2.45, 2.75) is 20.8 Å². The van der Waals surface area contributed by atoms with Crippen LogP contribution < -0.4 is 10.1 Å². The number of carbonyl (C=O) groups excluding carboxylic acids is 1. The molecule has 0 aliphatic rings. The fraction of sp³-hybridized carbons (Fsp3) is 0.235. The van der Waals surface area contributed by atoms with Crippen LogP contribution in [0.15, 0.2) is 36.4 Å². The lowest BCUT2D eigenvalue weighted by molar-refractivity contribution is -0.118. The summed E-state index contributed by atoms with van der Waals surface area (Å²) in [4.78, 5) is 11.9. The minimum Gasteiger partial charge on any atom is -0.483 e. The second kappa shape index (κ2) is 6.39. The number of aryl methyl sites for hydroxylation is 3. The van der Waals surface area contributed by atoms with Crippen molar-refractivity contribution in [1.29, 1.82) is 0 Å². The minimum atomic E-state index is -0.457. The number of ether oxygens (including phenoxy) is 1. The number of benzene rings is 2. The molecule has 3 nitrogen and oxygen atoms in total. The molecule has 2 aromatic carbocycles. The van der Waals surface area contributed by atoms with Crippen molar-refractivity contribution in [3.63, 3.8) is 0 Å². The van der Waals surface area contributed by atoms with Gasteiger partial charge in [0.1, 0.15) is 11.6 Å². The van der Waals surface area contributed by atoms with Crippen LogP contribution >= 0.6 is 0 Å². The monoisotopic (exact) mass is 287 g/mol. The van der Waals surface area contributed by atoms with E-state index >= 15 is 0 Å². The van der Waals surface area contributed by atoms with E-state index in [9.17, 15) is 9.18 Å². The molecule has 0 unspecified atom stereocenters. The normalized spacial score (nSPS) is 10.3. The zero-order chi connectivity index (χ0) is 15.4. The molecular formula is C17H18FNO2. The Bertz CT molecular complexity index is 648. The number of hydrogen-bond acceptors (Lipinski definition) is 2. The number of hydrogen-bond donors (Lipinski definition) is 1. The fourth-order valence-electron chi connectivity index (χ4n) is 2.09. The Morgan fingerprint density at radius 1 is 1.14 bits per heavy atom. The fourth-order valence-corrected chi connectivity index (χ4v) is 2.09. The van der Waals surface area contributed by atoms with Gasteiger partial charge >= 0.3 is 0 Å². The number of halogens is 1. The smallest absolute Gasteiger partial charge is 0.262 e. The van der Waals surface area contributed by atoms with E-state index in [4.69, 9.17) is 4.74 Å². The predicted molar refractivity (Wildman–Crippen MR) is 81.2 cm³/mol. The van der Waals surface area contributed by atoms with Crippen molar-refractivity contribution in [2.24, 2.45) is 0 Å². The summed E-state index contributed by atoms with van der Waals surface area (Å²) in [6.07, 6.45) is 0. The Labute approximate surface area is 123 Å². The zero-order valence-corrected chi connectivity index (χ0v) is 12.4. The molecule has 0 aliphatic carbocycles. The molecule has 4 heteroatoms. The summed E-state index contributed by atoms with van der Waals surface area (Å²) in [5.41, 5.74) is 2.97. The van der Waals surface area contributed by atoms with Crippen molar-refractivity contribution < 1.29 is 13.9 Å². The topological polar surface area (TPSA) is 38.3 Å². The maximum atomic E-state index is 13.6. The van der Waals surface area contributed by atoms with Gasteiger partial charge in [-0.3, -0.25) is 4.79 Å². The molecule has 2 rings (SSSR count). The number of rotatable bonds is 4. The van der Waals surface area contributed by atoms with Crippen molar-refractivity contribution in [3.8, 4) is 5.75 Å². The first-order valence-corrected chi connectivity index (χ1v) is 6.72. The van der Waals surface area contributed by atoms with Gasteiger partial charge in [-0.1, -0.05) is 24.3 Å². The molecule has 0 radical (unpaired) electrons. The highest BCUT2D eigenvalue weighted by molar-refractivity contribution is 5.92. The largest absolute Gasteiger partial charge is 0.483 e. The SMILES string of the molecule is Cc1ccc(F)c(NC(=O)COc2c(C)cccc2C)c1. The summed E-state index contributed by atoms with van der Waals surface area (Å²) in [6, 6.07) is 10.3. The van der Waals surface area contributed by atoms with Crippen molar-refractivity contribution in [2.75, 3.05) is 11.9 Å². The molecule has 0 heterocycles. The minimum absolute atomic E-state index is 0.154. The highest BCUT2D eigenvalue weighted by atomic mass is 19.1. The second-order valence-corrected chi connectivity index (χ2v) is 5.04. The van der Waals surface area contributed by atoms with E-state index in [1.165, 1.54) is 6.07 Å². The average Bonchev–Trinajstić information content (AvgIpc) is 2.42. The van der Waals surface area contributed by atoms with Crippen LogP contribution in [-0.4, -0.2) is 12.5 Å². The van der Waals surface area contributed by atoms with Crippen LogP contribution in [0.2, 0.25) is 0 Å². The number of anilines is 1. The molecule has 0 saturated carbocycles. The third-order valence-electron chi connectivity index (χ3n) is 3.15. The molecule has 0 bridgehead atoms. The third-order valence-corrected chi connectivity index (χ3v) is 3.15. The molecule has 0 fully saturated rings. The van der Waals surface area contributed by atoms with Crippen molar-refractivity contribution in [3.05, 3.63) is 58.9 Å². The van der Waals surface area contributed by atoms with Crippen LogP contribution in [-0.2, 0) is 4.79 Å². The van der Waals surface area contributed by atoms with E-state index < -0.39 is 5.82 Å². The summed E-state index contributed by atoms with van der Waals surface area (Å²) >= 11 is 0. The summed E-state index contributed by atoms with van der Waals surface area (Å²) in [6.45, 7) is 5.52. The van der Waals surface area contributed by atoms with Gasteiger partial charge in [0.15, 0.2) is 6.61 Å². The highest BCUT2D eigenvalue weighted by Crippen LogP contribution is 2.22. The predicted octanol–water partition coefficient (Wildman–Crippen LogP) is 3.77. The van der Waals surface area contributed by atoms with Crippen LogP contribution in [0.1, 0.15) is 16.7 Å². The molecule has 110 valence electrons. The Morgan fingerprint density at radius 3 is 2.48 bits per heavy atom. The number of para-hydroxylation sites is 1. The average molecular weight is 287 g/mol. The first kappa shape index (κ1) is 15.0. The van der Waals surface area contributed by atoms with Gasteiger partial charge in [0.05, 0.1) is 5.69 Å². The maximum Gasteiger partial charge on any atom is 0.262 e. The Kier molecular flexibility index (Phi) is 4.58. The summed E-state index contributed by atoms with van der Waals surface area (Å²) in [5, 5.41) is 2.52. The van der Waals surface area contributed by atoms with Crippen molar-refractivity contribution in [1.82, 2.24) is 0 Å². The van der Waals surface area contributed by atoms with Crippen LogP contribution in [0.3, 0.4) is 0 Å². The lowest BCUT2D eigenvalue weighted by atomic mass is 10.1. The molecule has 1 amide bonds. The summed E-state index contributed by atoms with van der Waals surface area (Å²) < 4.78 is 19.1. The van der Waals surface area contributed by atoms with E-state index in [0.717, 1.165) is 16.7 Å². The van der Waals surface area contributed by atoms with Gasteiger partial charge in [0.25, 0.3) is 5.91 Å². The number of amides is 1. The van der Waals surface area contributed by atoms with E-state index in [0.29, 0.717) is 5.75 Å². The third kappa shape index (κ3) is 3.81.